The molecule has 0 saturated carbocycles. The summed E-state index contributed by atoms with van der Waals surface area (Å²) in [5.74, 6) is -1.87. The molecule has 0 aliphatic heterocycles. The van der Waals surface area contributed by atoms with Gasteiger partial charge in [-0.3, -0.25) is 9.59 Å². The van der Waals surface area contributed by atoms with Crippen LogP contribution in [-0.4, -0.2) is 54.1 Å². The van der Waals surface area contributed by atoms with Crippen LogP contribution in [0, 0.1) is 5.92 Å². The molecule has 2 N–H and O–H groups in total. The molecule has 1 unspecified atom stereocenters. The molecule has 0 fully saturated rings. The first-order valence-corrected chi connectivity index (χ1v) is 11.4. The van der Waals surface area contributed by atoms with Crippen LogP contribution < -0.4 is 10.2 Å². The Morgan fingerprint density at radius 2 is 1.75 bits per heavy atom. The lowest BCUT2D eigenvalue weighted by atomic mass is 10.2. The van der Waals surface area contributed by atoms with Crippen LogP contribution in [0.15, 0.2) is 54.6 Å². The van der Waals surface area contributed by atoms with Gasteiger partial charge in [0.25, 0.3) is 0 Å². The van der Waals surface area contributed by atoms with Crippen molar-refractivity contribution in [2.24, 2.45) is 5.92 Å². The van der Waals surface area contributed by atoms with Gasteiger partial charge in [0.05, 0.1) is 13.2 Å². The lowest BCUT2D eigenvalue weighted by Gasteiger charge is -2.18. The van der Waals surface area contributed by atoms with Crippen LogP contribution in [0.5, 0.6) is 0 Å². The third-order valence-corrected chi connectivity index (χ3v) is 6.11. The van der Waals surface area contributed by atoms with Gasteiger partial charge in [-0.2, -0.15) is 0 Å². The van der Waals surface area contributed by atoms with Gasteiger partial charge in [-0.1, -0.05) is 61.2 Å². The summed E-state index contributed by atoms with van der Waals surface area (Å²) < 4.78 is 5.54. The predicted octanol–water partition coefficient (Wildman–Crippen LogP) is 3.44. The summed E-state index contributed by atoms with van der Waals surface area (Å²) in [6.07, 6.45) is 0. The van der Waals surface area contributed by atoms with Gasteiger partial charge in [0.1, 0.15) is 0 Å². The number of aliphatic carboxylic acids is 1. The van der Waals surface area contributed by atoms with Crippen molar-refractivity contribution < 1.29 is 24.2 Å². The summed E-state index contributed by atoms with van der Waals surface area (Å²) in [6, 6.07) is 15.5. The molecule has 0 saturated heterocycles. The van der Waals surface area contributed by atoms with Gasteiger partial charge in [-0.25, -0.2) is 4.79 Å². The highest BCUT2D eigenvalue weighted by molar-refractivity contribution is 8.14. The van der Waals surface area contributed by atoms with Crippen LogP contribution in [0.2, 0.25) is 0 Å². The number of hydrogen-bond acceptors (Lipinski definition) is 6. The topological polar surface area (TPSA) is 95.9 Å². The first kappa shape index (κ1) is 25.4. The van der Waals surface area contributed by atoms with Crippen LogP contribution in [0.25, 0.3) is 0 Å². The van der Waals surface area contributed by atoms with Gasteiger partial charge in [0.15, 0.2) is 6.04 Å². The second-order valence-corrected chi connectivity index (χ2v) is 8.45. The number of anilines is 1. The first-order valence-electron chi connectivity index (χ1n) is 10.4. The van der Waals surface area contributed by atoms with Crippen LogP contribution in [-0.2, 0) is 20.9 Å². The van der Waals surface area contributed by atoms with Gasteiger partial charge in [-0.15, -0.1) is 0 Å². The molecular formula is C24H30N2O5S. The molecule has 32 heavy (non-hydrogen) atoms. The van der Waals surface area contributed by atoms with E-state index in [9.17, 15) is 19.5 Å². The van der Waals surface area contributed by atoms with Crippen molar-refractivity contribution in [1.82, 2.24) is 5.32 Å². The highest BCUT2D eigenvalue weighted by Crippen LogP contribution is 2.16. The van der Waals surface area contributed by atoms with E-state index in [2.05, 4.69) is 17.1 Å². The van der Waals surface area contributed by atoms with Crippen molar-refractivity contribution >= 4 is 34.4 Å². The summed E-state index contributed by atoms with van der Waals surface area (Å²) >= 11 is 1.04. The van der Waals surface area contributed by atoms with Gasteiger partial charge in [-0.05, 0) is 24.6 Å². The van der Waals surface area contributed by atoms with Crippen molar-refractivity contribution in [3.63, 3.8) is 0 Å². The largest absolute Gasteiger partial charge is 0.480 e. The molecule has 172 valence electrons. The fourth-order valence-electron chi connectivity index (χ4n) is 2.75. The number of nitrogens with zero attached hydrogens (tertiary/aromatic N) is 1. The summed E-state index contributed by atoms with van der Waals surface area (Å²) in [5, 5.41) is 11.8. The lowest BCUT2D eigenvalue weighted by molar-refractivity contribution is -0.144. The molecule has 2 atom stereocenters. The summed E-state index contributed by atoms with van der Waals surface area (Å²) in [7, 11) is 2.00. The molecule has 0 bridgehead atoms. The summed E-state index contributed by atoms with van der Waals surface area (Å²) in [5.41, 5.74) is 2.57. The zero-order valence-corrected chi connectivity index (χ0v) is 19.4. The minimum atomic E-state index is -1.17. The predicted molar refractivity (Wildman–Crippen MR) is 127 cm³/mol. The number of rotatable bonds is 12. The average molecular weight is 459 g/mol. The normalized spacial score (nSPS) is 12.6. The Morgan fingerprint density at radius 1 is 1.09 bits per heavy atom. The fraction of sp³-hybridized carbons (Fsp3) is 0.375. The SMILES string of the molecule is CCN(C)c1ccc(COC[C@H](NC(=O)C(C)CSC(=O)c2ccccc2)C(=O)O)cc1. The zero-order chi connectivity index (χ0) is 23.5. The minimum Gasteiger partial charge on any atom is -0.480 e. The Bertz CT molecular complexity index is 889. The van der Waals surface area contributed by atoms with Crippen LogP contribution in [0.4, 0.5) is 5.69 Å². The molecule has 0 radical (unpaired) electrons. The first-order chi connectivity index (χ1) is 15.3. The van der Waals surface area contributed by atoms with Gasteiger partial charge in [0, 0.05) is 36.5 Å². The van der Waals surface area contributed by atoms with E-state index in [0.29, 0.717) is 5.56 Å². The number of amides is 1. The van der Waals surface area contributed by atoms with Crippen LogP contribution >= 0.6 is 11.8 Å². The Hall–Kier alpha value is -2.84. The Labute approximate surface area is 193 Å². The zero-order valence-electron chi connectivity index (χ0n) is 18.6. The monoisotopic (exact) mass is 458 g/mol. The van der Waals surface area contributed by atoms with Crippen molar-refractivity contribution in [2.75, 3.05) is 30.9 Å². The smallest absolute Gasteiger partial charge is 0.328 e. The number of carboxylic acids is 1. The Morgan fingerprint density at radius 3 is 2.34 bits per heavy atom. The van der Waals surface area contributed by atoms with E-state index >= 15 is 0 Å². The Kier molecular flexibility index (Phi) is 10.2. The summed E-state index contributed by atoms with van der Waals surface area (Å²) in [6.45, 7) is 4.72. The number of benzene rings is 2. The molecule has 0 aliphatic rings. The maximum atomic E-state index is 12.4. The third kappa shape index (κ3) is 8.01. The van der Waals surface area contributed by atoms with Crippen LogP contribution in [0.3, 0.4) is 0 Å². The Balaban J connectivity index is 1.79. The quantitative estimate of drug-likeness (QED) is 0.503. The van der Waals surface area contributed by atoms with E-state index in [1.54, 1.807) is 31.2 Å². The lowest BCUT2D eigenvalue weighted by Crippen LogP contribution is -2.46. The molecule has 1 amide bonds. The summed E-state index contributed by atoms with van der Waals surface area (Å²) in [4.78, 5) is 38.2. The molecule has 2 aromatic rings. The maximum absolute atomic E-state index is 12.4. The number of ether oxygens (including phenoxy) is 1. The molecule has 0 aliphatic carbocycles. The molecule has 8 heteroatoms. The van der Waals surface area contributed by atoms with E-state index in [1.807, 2.05) is 37.4 Å². The highest BCUT2D eigenvalue weighted by Gasteiger charge is 2.24. The van der Waals surface area contributed by atoms with Crippen molar-refractivity contribution in [3.05, 3.63) is 65.7 Å². The fourth-order valence-corrected chi connectivity index (χ4v) is 3.60. The molecular weight excluding hydrogens is 428 g/mol. The van der Waals surface area contributed by atoms with Crippen LogP contribution in [0.1, 0.15) is 29.8 Å². The van der Waals surface area contributed by atoms with Gasteiger partial charge >= 0.3 is 5.97 Å². The number of hydrogen-bond donors (Lipinski definition) is 2. The van der Waals surface area contributed by atoms with Crippen molar-refractivity contribution in [1.29, 1.82) is 0 Å². The highest BCUT2D eigenvalue weighted by atomic mass is 32.2. The maximum Gasteiger partial charge on any atom is 0.328 e. The van der Waals surface area contributed by atoms with Crippen molar-refractivity contribution in [3.8, 4) is 0 Å². The number of thioether (sulfide) groups is 1. The number of carboxylic acid groups (broad SMARTS) is 1. The van der Waals surface area contributed by atoms with E-state index in [4.69, 9.17) is 4.74 Å². The standard InChI is InChI=1S/C24H30N2O5S/c1-4-26(3)20-12-10-18(11-13-20)14-31-15-21(23(28)29)25-22(27)17(2)16-32-24(30)19-8-6-5-7-9-19/h5-13,17,21H,4,14-16H2,1-3H3,(H,25,27)(H,28,29)/t17?,21-/m0/s1. The van der Waals surface area contributed by atoms with E-state index in [-0.39, 0.29) is 24.1 Å². The second-order valence-electron chi connectivity index (χ2n) is 7.46. The third-order valence-electron chi connectivity index (χ3n) is 4.94. The molecule has 0 aromatic heterocycles. The average Bonchev–Trinajstić information content (AvgIpc) is 2.81. The number of carbonyl (C=O) groups is 3. The molecule has 0 heterocycles. The molecule has 7 nitrogen and oxygen atoms in total. The van der Waals surface area contributed by atoms with Gasteiger partial charge in [0.2, 0.25) is 11.0 Å². The van der Waals surface area contributed by atoms with E-state index in [1.165, 1.54) is 0 Å². The molecule has 0 spiro atoms. The molecule has 2 rings (SSSR count). The second kappa shape index (κ2) is 12.9. The van der Waals surface area contributed by atoms with Gasteiger partial charge < -0.3 is 20.1 Å². The number of carbonyl (C=O) groups excluding carboxylic acids is 2. The van der Waals surface area contributed by atoms with Crippen molar-refractivity contribution in [2.45, 2.75) is 26.5 Å². The van der Waals surface area contributed by atoms with E-state index < -0.39 is 23.8 Å². The van der Waals surface area contributed by atoms with E-state index in [0.717, 1.165) is 29.6 Å². The minimum absolute atomic E-state index is 0.125. The number of nitrogens with one attached hydrogen (secondary N) is 1. The molecule has 2 aromatic carbocycles.